The molecular weight excluding hydrogens is 364 g/mol. The molecule has 0 aromatic heterocycles. The standard InChI is InChI=1S/C12H16N2O4S4/c15-9(13-1-5-21-11(13)19)7-17-3-4-18-8-10(16)14-2-6-22-12(14)20/h1-8H2. The largest absolute Gasteiger partial charge is 0.369 e. The van der Waals surface area contributed by atoms with Crippen LogP contribution in [0.5, 0.6) is 0 Å². The Morgan fingerprint density at radius 2 is 1.32 bits per heavy atom. The lowest BCUT2D eigenvalue weighted by atomic mass is 10.5. The van der Waals surface area contributed by atoms with Gasteiger partial charge in [-0.2, -0.15) is 0 Å². The van der Waals surface area contributed by atoms with Crippen molar-refractivity contribution >= 4 is 68.4 Å². The van der Waals surface area contributed by atoms with Gasteiger partial charge in [-0.05, 0) is 0 Å². The van der Waals surface area contributed by atoms with Crippen LogP contribution < -0.4 is 0 Å². The number of hydrogen-bond acceptors (Lipinski definition) is 8. The smallest absolute Gasteiger partial charge is 0.254 e. The Morgan fingerprint density at radius 3 is 1.64 bits per heavy atom. The highest BCUT2D eigenvalue weighted by atomic mass is 32.2. The minimum Gasteiger partial charge on any atom is -0.369 e. The van der Waals surface area contributed by atoms with Crippen LogP contribution in [-0.2, 0) is 19.1 Å². The van der Waals surface area contributed by atoms with E-state index in [2.05, 4.69) is 0 Å². The zero-order chi connectivity index (χ0) is 15.9. The van der Waals surface area contributed by atoms with Crippen LogP contribution in [0.15, 0.2) is 0 Å². The lowest BCUT2D eigenvalue weighted by molar-refractivity contribution is -0.135. The zero-order valence-corrected chi connectivity index (χ0v) is 15.1. The van der Waals surface area contributed by atoms with Crippen LogP contribution in [0, 0.1) is 0 Å². The third kappa shape index (κ3) is 5.14. The first-order valence-electron chi connectivity index (χ1n) is 6.69. The Labute approximate surface area is 148 Å². The van der Waals surface area contributed by atoms with Gasteiger partial charge in [0.25, 0.3) is 11.8 Å². The predicted molar refractivity (Wildman–Crippen MR) is 95.2 cm³/mol. The molecule has 0 N–H and O–H groups in total. The summed E-state index contributed by atoms with van der Waals surface area (Å²) in [6, 6.07) is 0. The van der Waals surface area contributed by atoms with Gasteiger partial charge in [-0.3, -0.25) is 19.4 Å². The van der Waals surface area contributed by atoms with E-state index in [9.17, 15) is 9.59 Å². The van der Waals surface area contributed by atoms with Crippen molar-refractivity contribution < 1.29 is 19.1 Å². The van der Waals surface area contributed by atoms with E-state index in [0.29, 0.717) is 21.7 Å². The number of thioether (sulfide) groups is 2. The van der Waals surface area contributed by atoms with Crippen LogP contribution in [-0.4, -0.2) is 81.3 Å². The van der Waals surface area contributed by atoms with Gasteiger partial charge in [-0.1, -0.05) is 48.0 Å². The Hall–Kier alpha value is -0.260. The molecule has 122 valence electrons. The lowest BCUT2D eigenvalue weighted by Gasteiger charge is -2.15. The van der Waals surface area contributed by atoms with Gasteiger partial charge >= 0.3 is 0 Å². The van der Waals surface area contributed by atoms with Crippen molar-refractivity contribution in [3.8, 4) is 0 Å². The van der Waals surface area contributed by atoms with E-state index in [1.54, 1.807) is 9.80 Å². The molecule has 0 aromatic carbocycles. The Kier molecular flexibility index (Phi) is 7.51. The molecule has 0 unspecified atom stereocenters. The Balaban J connectivity index is 1.52. The van der Waals surface area contributed by atoms with Crippen LogP contribution >= 0.6 is 48.0 Å². The highest BCUT2D eigenvalue weighted by molar-refractivity contribution is 8.23. The van der Waals surface area contributed by atoms with Crippen molar-refractivity contribution in [2.75, 3.05) is 51.0 Å². The first kappa shape index (κ1) is 18.1. The summed E-state index contributed by atoms with van der Waals surface area (Å²) < 4.78 is 11.7. The number of carbonyl (C=O) groups is 2. The molecule has 0 bridgehead atoms. The fourth-order valence-electron chi connectivity index (χ4n) is 1.83. The molecule has 0 aliphatic carbocycles. The van der Waals surface area contributed by atoms with Gasteiger partial charge in [0.05, 0.1) is 13.2 Å². The number of amides is 2. The van der Waals surface area contributed by atoms with E-state index < -0.39 is 0 Å². The van der Waals surface area contributed by atoms with E-state index >= 15 is 0 Å². The highest BCUT2D eigenvalue weighted by Gasteiger charge is 2.24. The minimum atomic E-state index is -0.134. The van der Waals surface area contributed by atoms with Crippen molar-refractivity contribution in [3.05, 3.63) is 0 Å². The summed E-state index contributed by atoms with van der Waals surface area (Å²) in [6.45, 7) is 1.75. The number of ether oxygens (including phenoxy) is 2. The van der Waals surface area contributed by atoms with Crippen LogP contribution in [0.4, 0.5) is 0 Å². The van der Waals surface area contributed by atoms with Gasteiger partial charge in [0.1, 0.15) is 21.9 Å². The molecule has 2 heterocycles. The van der Waals surface area contributed by atoms with Gasteiger partial charge in [-0.25, -0.2) is 0 Å². The summed E-state index contributed by atoms with van der Waals surface area (Å²) in [4.78, 5) is 26.7. The van der Waals surface area contributed by atoms with Gasteiger partial charge in [0.15, 0.2) is 0 Å². The van der Waals surface area contributed by atoms with Crippen molar-refractivity contribution in [2.24, 2.45) is 0 Å². The molecule has 0 radical (unpaired) electrons. The summed E-state index contributed by atoms with van der Waals surface area (Å²) in [6.07, 6.45) is 0. The fraction of sp³-hybridized carbons (Fsp3) is 0.667. The van der Waals surface area contributed by atoms with Crippen LogP contribution in [0.3, 0.4) is 0 Å². The van der Waals surface area contributed by atoms with Crippen molar-refractivity contribution in [1.29, 1.82) is 0 Å². The topological polar surface area (TPSA) is 59.1 Å². The summed E-state index contributed by atoms with van der Waals surface area (Å²) in [7, 11) is 0. The minimum absolute atomic E-state index is 0.0230. The van der Waals surface area contributed by atoms with Gasteiger partial charge in [0, 0.05) is 24.6 Å². The molecule has 6 nitrogen and oxygen atoms in total. The van der Waals surface area contributed by atoms with E-state index in [1.165, 1.54) is 23.5 Å². The monoisotopic (exact) mass is 380 g/mol. The third-order valence-electron chi connectivity index (χ3n) is 2.95. The van der Waals surface area contributed by atoms with E-state index in [0.717, 1.165) is 11.5 Å². The second-order valence-corrected chi connectivity index (χ2v) is 7.88. The average molecular weight is 381 g/mol. The van der Waals surface area contributed by atoms with Gasteiger partial charge < -0.3 is 9.47 Å². The summed E-state index contributed by atoms with van der Waals surface area (Å²) in [5.41, 5.74) is 0. The lowest BCUT2D eigenvalue weighted by Crippen LogP contribution is -2.35. The molecule has 10 heteroatoms. The zero-order valence-electron chi connectivity index (χ0n) is 11.8. The molecule has 0 atom stereocenters. The molecule has 2 aliphatic heterocycles. The van der Waals surface area contributed by atoms with E-state index in [1.807, 2.05) is 0 Å². The van der Waals surface area contributed by atoms with Crippen LogP contribution in [0.1, 0.15) is 0 Å². The second kappa shape index (κ2) is 9.14. The maximum absolute atomic E-state index is 11.8. The molecule has 2 rings (SSSR count). The molecule has 22 heavy (non-hydrogen) atoms. The van der Waals surface area contributed by atoms with Crippen molar-refractivity contribution in [2.45, 2.75) is 0 Å². The summed E-state index contributed by atoms with van der Waals surface area (Å²) in [5.74, 6) is 1.41. The third-order valence-corrected chi connectivity index (χ3v) is 5.80. The van der Waals surface area contributed by atoms with Crippen LogP contribution in [0.2, 0.25) is 0 Å². The molecule has 2 saturated heterocycles. The molecule has 0 saturated carbocycles. The number of rotatable bonds is 7. The van der Waals surface area contributed by atoms with Crippen molar-refractivity contribution in [3.63, 3.8) is 0 Å². The van der Waals surface area contributed by atoms with Crippen LogP contribution in [0.25, 0.3) is 0 Å². The molecule has 2 fully saturated rings. The predicted octanol–water partition coefficient (Wildman–Crippen LogP) is 0.740. The molecular formula is C12H16N2O4S4. The molecule has 0 spiro atoms. The van der Waals surface area contributed by atoms with Crippen molar-refractivity contribution in [1.82, 2.24) is 9.80 Å². The Bertz CT molecular complexity index is 432. The second-order valence-electron chi connectivity index (χ2n) is 4.42. The van der Waals surface area contributed by atoms with Gasteiger partial charge in [0.2, 0.25) is 0 Å². The number of nitrogens with zero attached hydrogens (tertiary/aromatic N) is 2. The van der Waals surface area contributed by atoms with Gasteiger partial charge in [-0.15, -0.1) is 0 Å². The first-order chi connectivity index (χ1) is 10.6. The molecule has 2 aliphatic rings. The van der Waals surface area contributed by atoms with E-state index in [4.69, 9.17) is 33.9 Å². The van der Waals surface area contributed by atoms with E-state index in [-0.39, 0.29) is 38.2 Å². The molecule has 0 aromatic rings. The Morgan fingerprint density at radius 1 is 0.909 bits per heavy atom. The average Bonchev–Trinajstić information content (AvgIpc) is 3.10. The normalized spacial score (nSPS) is 18.4. The number of carbonyl (C=O) groups excluding carboxylic acids is 2. The maximum Gasteiger partial charge on any atom is 0.254 e. The quantitative estimate of drug-likeness (QED) is 0.474. The fourth-order valence-corrected chi connectivity index (χ4v) is 4.31. The summed E-state index contributed by atoms with van der Waals surface area (Å²) >= 11 is 13.1. The summed E-state index contributed by atoms with van der Waals surface area (Å²) in [5, 5.41) is 0. The number of thiocarbonyl (C=S) groups is 2. The SMILES string of the molecule is O=C(COCCOCC(=O)N1CCSC1=S)N1CCSC1=S. The number of hydrogen-bond donors (Lipinski definition) is 0. The highest BCUT2D eigenvalue weighted by Crippen LogP contribution is 2.18. The molecule has 2 amide bonds. The first-order valence-corrected chi connectivity index (χ1v) is 9.48. The maximum atomic E-state index is 11.8.